The summed E-state index contributed by atoms with van der Waals surface area (Å²) in [4.78, 5) is 11.1. The first-order chi connectivity index (χ1) is 9.56. The first-order valence-corrected chi connectivity index (χ1v) is 6.71. The van der Waals surface area contributed by atoms with Gasteiger partial charge >= 0.3 is 5.97 Å². The molecular weight excluding hydrogens is 322 g/mol. The molecule has 5 nitrogen and oxygen atoms in total. The quantitative estimate of drug-likeness (QED) is 0.783. The second kappa shape index (κ2) is 4.72. The molecule has 0 aliphatic carbocycles. The number of carboxylic acids is 1. The Morgan fingerprint density at radius 2 is 2.05 bits per heavy atom. The molecule has 1 aromatic heterocycles. The van der Waals surface area contributed by atoms with Crippen LogP contribution in [-0.4, -0.2) is 26.1 Å². The summed E-state index contributed by atoms with van der Waals surface area (Å²) in [5.41, 5.74) is 3.45. The number of carbonyl (C=O) groups is 1. The van der Waals surface area contributed by atoms with Gasteiger partial charge in [0.05, 0.1) is 16.8 Å². The Kier molecular flexibility index (Phi) is 3.02. The third-order valence-corrected chi connectivity index (χ3v) is 3.69. The van der Waals surface area contributed by atoms with Crippen molar-refractivity contribution >= 4 is 32.9 Å². The van der Waals surface area contributed by atoms with Crippen molar-refractivity contribution in [2.24, 2.45) is 0 Å². The molecule has 20 heavy (non-hydrogen) atoms. The molecule has 0 unspecified atom stereocenters. The van der Waals surface area contributed by atoms with Gasteiger partial charge in [0.25, 0.3) is 0 Å². The SMILES string of the molecule is Cc1ccc(Br)c(-n2nnc3ccc(C(=O)O)cc32)c1. The molecule has 0 saturated carbocycles. The molecule has 0 saturated heterocycles. The van der Waals surface area contributed by atoms with Crippen LogP contribution in [0.1, 0.15) is 15.9 Å². The van der Waals surface area contributed by atoms with Gasteiger partial charge in [0.15, 0.2) is 0 Å². The maximum absolute atomic E-state index is 11.1. The van der Waals surface area contributed by atoms with Gasteiger partial charge in [-0.25, -0.2) is 9.48 Å². The van der Waals surface area contributed by atoms with E-state index < -0.39 is 5.97 Å². The monoisotopic (exact) mass is 331 g/mol. The summed E-state index contributed by atoms with van der Waals surface area (Å²) in [6.07, 6.45) is 0. The zero-order valence-electron chi connectivity index (χ0n) is 10.5. The van der Waals surface area contributed by atoms with E-state index in [0.29, 0.717) is 11.0 Å². The largest absolute Gasteiger partial charge is 0.478 e. The number of nitrogens with zero attached hydrogens (tertiary/aromatic N) is 3. The molecule has 1 heterocycles. The first-order valence-electron chi connectivity index (χ1n) is 5.91. The zero-order valence-corrected chi connectivity index (χ0v) is 12.1. The molecule has 2 aromatic carbocycles. The van der Waals surface area contributed by atoms with E-state index in [1.54, 1.807) is 16.8 Å². The van der Waals surface area contributed by atoms with Gasteiger partial charge in [0.2, 0.25) is 0 Å². The molecule has 0 atom stereocenters. The van der Waals surface area contributed by atoms with Crippen LogP contribution in [0.4, 0.5) is 0 Å². The molecule has 0 amide bonds. The van der Waals surface area contributed by atoms with Crippen molar-refractivity contribution in [2.75, 3.05) is 0 Å². The number of hydrogen-bond acceptors (Lipinski definition) is 3. The number of hydrogen-bond donors (Lipinski definition) is 1. The van der Waals surface area contributed by atoms with Gasteiger partial charge in [-0.2, -0.15) is 0 Å². The lowest BCUT2D eigenvalue weighted by Gasteiger charge is -2.06. The van der Waals surface area contributed by atoms with E-state index >= 15 is 0 Å². The Morgan fingerprint density at radius 1 is 1.25 bits per heavy atom. The Morgan fingerprint density at radius 3 is 2.80 bits per heavy atom. The molecular formula is C14H10BrN3O2. The molecule has 0 bridgehead atoms. The van der Waals surface area contributed by atoms with Crippen molar-refractivity contribution in [2.45, 2.75) is 6.92 Å². The third-order valence-electron chi connectivity index (χ3n) is 3.02. The van der Waals surface area contributed by atoms with Crippen molar-refractivity contribution in [1.82, 2.24) is 15.0 Å². The normalized spacial score (nSPS) is 10.9. The molecule has 100 valence electrons. The van der Waals surface area contributed by atoms with E-state index in [2.05, 4.69) is 26.2 Å². The summed E-state index contributed by atoms with van der Waals surface area (Å²) in [5, 5.41) is 17.3. The van der Waals surface area contributed by atoms with Crippen molar-refractivity contribution < 1.29 is 9.90 Å². The van der Waals surface area contributed by atoms with E-state index in [1.165, 1.54) is 6.07 Å². The molecule has 3 aromatic rings. The van der Waals surface area contributed by atoms with Gasteiger partial charge in [0, 0.05) is 4.47 Å². The van der Waals surface area contributed by atoms with Gasteiger partial charge in [-0.15, -0.1) is 5.10 Å². The highest BCUT2D eigenvalue weighted by Crippen LogP contribution is 2.25. The van der Waals surface area contributed by atoms with Crippen LogP contribution in [0.3, 0.4) is 0 Å². The molecule has 0 spiro atoms. The van der Waals surface area contributed by atoms with Crippen LogP contribution < -0.4 is 0 Å². The van der Waals surface area contributed by atoms with E-state index in [-0.39, 0.29) is 5.56 Å². The first kappa shape index (κ1) is 12.8. The zero-order chi connectivity index (χ0) is 14.3. The minimum absolute atomic E-state index is 0.213. The average molecular weight is 332 g/mol. The van der Waals surface area contributed by atoms with Crippen LogP contribution >= 0.6 is 15.9 Å². The lowest BCUT2D eigenvalue weighted by atomic mass is 10.2. The molecule has 0 fully saturated rings. The minimum Gasteiger partial charge on any atom is -0.478 e. The molecule has 0 aliphatic heterocycles. The standard InChI is InChI=1S/C14H10BrN3O2/c1-8-2-4-10(15)12(6-8)18-13-7-9(14(19)20)3-5-11(13)16-17-18/h2-7H,1H3,(H,19,20). The van der Waals surface area contributed by atoms with Crippen LogP contribution in [0.15, 0.2) is 40.9 Å². The fourth-order valence-corrected chi connectivity index (χ4v) is 2.43. The number of aromatic nitrogens is 3. The van der Waals surface area contributed by atoms with Gasteiger partial charge in [0.1, 0.15) is 5.52 Å². The number of aryl methyl sites for hydroxylation is 1. The Hall–Kier alpha value is -2.21. The highest BCUT2D eigenvalue weighted by Gasteiger charge is 2.12. The van der Waals surface area contributed by atoms with Gasteiger partial charge in [-0.1, -0.05) is 11.3 Å². The molecule has 0 aliphatic rings. The number of carboxylic acid groups (broad SMARTS) is 1. The average Bonchev–Trinajstić information content (AvgIpc) is 2.84. The third kappa shape index (κ3) is 2.08. The second-order valence-electron chi connectivity index (χ2n) is 4.46. The number of fused-ring (bicyclic) bond motifs is 1. The van der Waals surface area contributed by atoms with Crippen LogP contribution in [0, 0.1) is 6.92 Å². The molecule has 6 heteroatoms. The van der Waals surface area contributed by atoms with Crippen molar-refractivity contribution in [3.63, 3.8) is 0 Å². The predicted molar refractivity (Wildman–Crippen MR) is 78.3 cm³/mol. The van der Waals surface area contributed by atoms with Crippen LogP contribution in [-0.2, 0) is 0 Å². The second-order valence-corrected chi connectivity index (χ2v) is 5.32. The molecule has 1 N–H and O–H groups in total. The van der Waals surface area contributed by atoms with E-state index in [9.17, 15) is 4.79 Å². The van der Waals surface area contributed by atoms with E-state index in [0.717, 1.165) is 15.7 Å². The highest BCUT2D eigenvalue weighted by atomic mass is 79.9. The lowest BCUT2D eigenvalue weighted by Crippen LogP contribution is -2.00. The summed E-state index contributed by atoms with van der Waals surface area (Å²) >= 11 is 3.48. The highest BCUT2D eigenvalue weighted by molar-refractivity contribution is 9.10. The van der Waals surface area contributed by atoms with Crippen molar-refractivity contribution in [1.29, 1.82) is 0 Å². The fraction of sp³-hybridized carbons (Fsp3) is 0.0714. The number of rotatable bonds is 2. The predicted octanol–water partition coefficient (Wildman–Crippen LogP) is 3.19. The minimum atomic E-state index is -0.969. The van der Waals surface area contributed by atoms with Gasteiger partial charge in [-0.05, 0) is 58.7 Å². The summed E-state index contributed by atoms with van der Waals surface area (Å²) in [5.74, 6) is -0.969. The van der Waals surface area contributed by atoms with Crippen molar-refractivity contribution in [3.05, 3.63) is 52.0 Å². The fourth-order valence-electron chi connectivity index (χ4n) is 2.01. The Bertz CT molecular complexity index is 826. The van der Waals surface area contributed by atoms with Gasteiger partial charge in [-0.3, -0.25) is 0 Å². The smallest absolute Gasteiger partial charge is 0.335 e. The maximum Gasteiger partial charge on any atom is 0.335 e. The summed E-state index contributed by atoms with van der Waals surface area (Å²) in [6, 6.07) is 10.6. The topological polar surface area (TPSA) is 68.0 Å². The lowest BCUT2D eigenvalue weighted by molar-refractivity contribution is 0.0697. The number of halogens is 1. The number of aromatic carboxylic acids is 1. The van der Waals surface area contributed by atoms with Crippen LogP contribution in [0.2, 0.25) is 0 Å². The molecule has 3 rings (SSSR count). The Labute approximate surface area is 123 Å². The summed E-state index contributed by atoms with van der Waals surface area (Å²) in [6.45, 7) is 1.98. The molecule has 0 radical (unpaired) electrons. The summed E-state index contributed by atoms with van der Waals surface area (Å²) in [7, 11) is 0. The maximum atomic E-state index is 11.1. The van der Waals surface area contributed by atoms with Gasteiger partial charge < -0.3 is 5.11 Å². The number of benzene rings is 2. The summed E-state index contributed by atoms with van der Waals surface area (Å²) < 4.78 is 2.51. The van der Waals surface area contributed by atoms with E-state index in [4.69, 9.17) is 5.11 Å². The Balaban J connectivity index is 2.28. The van der Waals surface area contributed by atoms with Crippen LogP contribution in [0.5, 0.6) is 0 Å². The van der Waals surface area contributed by atoms with E-state index in [1.807, 2.05) is 25.1 Å². The van der Waals surface area contributed by atoms with Crippen molar-refractivity contribution in [3.8, 4) is 5.69 Å². The van der Waals surface area contributed by atoms with Crippen LogP contribution in [0.25, 0.3) is 16.7 Å².